The summed E-state index contributed by atoms with van der Waals surface area (Å²) in [5, 5.41) is 7.51. The maximum Gasteiger partial charge on any atom is 0.241 e. The molecule has 0 fully saturated rings. The summed E-state index contributed by atoms with van der Waals surface area (Å²) in [7, 11) is 0. The molecular weight excluding hydrogens is 272 g/mol. The lowest BCUT2D eigenvalue weighted by Crippen LogP contribution is -2.05. The van der Waals surface area contributed by atoms with Crippen molar-refractivity contribution in [1.29, 1.82) is 5.26 Å². The van der Waals surface area contributed by atoms with Crippen LogP contribution in [0.3, 0.4) is 0 Å². The molecule has 0 bridgehead atoms. The Morgan fingerprint density at radius 1 is 1.23 bits per heavy atom. The number of nitriles is 1. The van der Waals surface area contributed by atoms with E-state index in [0.29, 0.717) is 0 Å². The summed E-state index contributed by atoms with van der Waals surface area (Å²) in [5.41, 5.74) is 7.97. The number of hydrogen-bond donors (Lipinski definition) is 1. The van der Waals surface area contributed by atoms with Crippen molar-refractivity contribution in [1.82, 2.24) is 0 Å². The number of carbonyl (C=O) groups excluding carboxylic acids is 1. The molecule has 2 N–H and O–H groups in total. The van der Waals surface area contributed by atoms with Gasteiger partial charge in [0.1, 0.15) is 0 Å². The van der Waals surface area contributed by atoms with E-state index < -0.39 is 5.91 Å². The molecule has 0 saturated heterocycles. The Bertz CT molecular complexity index is 629. The lowest BCUT2D eigenvalue weighted by atomic mass is 10.1. The Kier molecular flexibility index (Phi) is 10.0. The number of carbonyl (C=O) groups is 1. The zero-order valence-electron chi connectivity index (χ0n) is 12.7. The minimum atomic E-state index is -0.462. The molecular formula is C19H20N2O. The second kappa shape index (κ2) is 11.7. The molecule has 0 unspecified atom stereocenters. The summed E-state index contributed by atoms with van der Waals surface area (Å²) in [6, 6.07) is 11.6. The SMILES string of the molecule is C=C(C)C=C(C=CC(N)=O)C=Cc1ccccc1.C=CC#N. The molecule has 0 aliphatic heterocycles. The summed E-state index contributed by atoms with van der Waals surface area (Å²) in [5.74, 6) is -0.462. The number of rotatable bonds is 5. The van der Waals surface area contributed by atoms with Gasteiger partial charge in [0.05, 0.1) is 6.07 Å². The first-order valence-electron chi connectivity index (χ1n) is 6.58. The van der Waals surface area contributed by atoms with E-state index in [-0.39, 0.29) is 0 Å². The third-order valence-electron chi connectivity index (χ3n) is 2.21. The van der Waals surface area contributed by atoms with Crippen molar-refractivity contribution in [3.63, 3.8) is 0 Å². The van der Waals surface area contributed by atoms with Gasteiger partial charge in [0.2, 0.25) is 5.91 Å². The van der Waals surface area contributed by atoms with Crippen molar-refractivity contribution in [2.24, 2.45) is 5.73 Å². The standard InChI is InChI=1S/C16H17NO.C3H3N/c1-13(2)12-15(10-11-16(17)18)9-8-14-6-4-3-5-7-14;1-2-3-4/h3-12H,1H2,2H3,(H2,17,18);2H,1H2. The van der Waals surface area contributed by atoms with Crippen LogP contribution < -0.4 is 5.73 Å². The third-order valence-corrected chi connectivity index (χ3v) is 2.21. The van der Waals surface area contributed by atoms with Crippen LogP contribution in [0.5, 0.6) is 0 Å². The van der Waals surface area contributed by atoms with Gasteiger partial charge in [0.25, 0.3) is 0 Å². The van der Waals surface area contributed by atoms with Gasteiger partial charge in [-0.1, -0.05) is 67.3 Å². The Labute approximate surface area is 132 Å². The fourth-order valence-electron chi connectivity index (χ4n) is 1.37. The van der Waals surface area contributed by atoms with E-state index in [2.05, 4.69) is 13.2 Å². The summed E-state index contributed by atoms with van der Waals surface area (Å²) in [4.78, 5) is 10.7. The average Bonchev–Trinajstić information content (AvgIpc) is 2.50. The van der Waals surface area contributed by atoms with Gasteiger partial charge in [-0.05, 0) is 24.1 Å². The van der Waals surface area contributed by atoms with E-state index in [0.717, 1.165) is 16.7 Å². The molecule has 3 heteroatoms. The molecule has 0 spiro atoms. The normalized spacial score (nSPS) is 10.6. The molecule has 0 aromatic heterocycles. The van der Waals surface area contributed by atoms with Crippen LogP contribution >= 0.6 is 0 Å². The van der Waals surface area contributed by atoms with Crippen LogP contribution in [-0.4, -0.2) is 5.91 Å². The summed E-state index contributed by atoms with van der Waals surface area (Å²) in [6.45, 7) is 8.83. The number of hydrogen-bond acceptors (Lipinski definition) is 2. The number of nitrogens with zero attached hydrogens (tertiary/aromatic N) is 1. The Morgan fingerprint density at radius 2 is 1.82 bits per heavy atom. The first-order chi connectivity index (χ1) is 10.5. The van der Waals surface area contributed by atoms with Crippen molar-refractivity contribution in [3.8, 4) is 6.07 Å². The van der Waals surface area contributed by atoms with E-state index >= 15 is 0 Å². The lowest BCUT2D eigenvalue weighted by Gasteiger charge is -1.96. The van der Waals surface area contributed by atoms with E-state index in [1.807, 2.05) is 55.5 Å². The van der Waals surface area contributed by atoms with Crippen LogP contribution in [-0.2, 0) is 4.79 Å². The van der Waals surface area contributed by atoms with Crippen LogP contribution in [0.2, 0.25) is 0 Å². The minimum Gasteiger partial charge on any atom is -0.366 e. The Morgan fingerprint density at radius 3 is 2.27 bits per heavy atom. The summed E-state index contributed by atoms with van der Waals surface area (Å²) in [6.07, 6.45) is 9.98. The van der Waals surface area contributed by atoms with Gasteiger partial charge in [0.15, 0.2) is 0 Å². The summed E-state index contributed by atoms with van der Waals surface area (Å²) >= 11 is 0. The molecule has 3 nitrogen and oxygen atoms in total. The van der Waals surface area contributed by atoms with E-state index in [4.69, 9.17) is 11.0 Å². The van der Waals surface area contributed by atoms with Gasteiger partial charge < -0.3 is 5.73 Å². The predicted octanol–water partition coefficient (Wildman–Crippen LogP) is 3.94. The molecule has 0 atom stereocenters. The van der Waals surface area contributed by atoms with Gasteiger partial charge in [-0.25, -0.2) is 0 Å². The number of benzene rings is 1. The number of allylic oxidation sites excluding steroid dienone is 6. The molecule has 0 radical (unpaired) electrons. The highest BCUT2D eigenvalue weighted by Gasteiger charge is 1.90. The minimum absolute atomic E-state index is 0.462. The van der Waals surface area contributed by atoms with Crippen LogP contribution in [0.15, 0.2) is 85.0 Å². The van der Waals surface area contributed by atoms with Gasteiger partial charge in [-0.15, -0.1) is 0 Å². The van der Waals surface area contributed by atoms with Crippen molar-refractivity contribution >= 4 is 12.0 Å². The highest BCUT2D eigenvalue weighted by Crippen LogP contribution is 2.08. The van der Waals surface area contributed by atoms with Gasteiger partial charge in [0, 0.05) is 12.2 Å². The number of amides is 1. The lowest BCUT2D eigenvalue weighted by molar-refractivity contribution is -0.113. The van der Waals surface area contributed by atoms with Crippen LogP contribution in [0, 0.1) is 11.3 Å². The van der Waals surface area contributed by atoms with Crippen LogP contribution in [0.25, 0.3) is 6.08 Å². The molecule has 0 saturated carbocycles. The molecule has 112 valence electrons. The Hall–Kier alpha value is -3.12. The fraction of sp³-hybridized carbons (Fsp3) is 0.0526. The number of nitrogens with two attached hydrogens (primary N) is 1. The monoisotopic (exact) mass is 292 g/mol. The third kappa shape index (κ3) is 10.8. The van der Waals surface area contributed by atoms with Gasteiger partial charge >= 0.3 is 0 Å². The van der Waals surface area contributed by atoms with Gasteiger partial charge in [-0.2, -0.15) is 5.26 Å². The summed E-state index contributed by atoms with van der Waals surface area (Å²) < 4.78 is 0. The zero-order chi connectivity index (χ0) is 16.8. The van der Waals surface area contributed by atoms with Crippen molar-refractivity contribution in [3.05, 3.63) is 90.6 Å². The molecule has 0 aliphatic rings. The molecule has 22 heavy (non-hydrogen) atoms. The van der Waals surface area contributed by atoms with E-state index in [1.54, 1.807) is 12.1 Å². The highest BCUT2D eigenvalue weighted by atomic mass is 16.1. The molecule has 1 aromatic carbocycles. The van der Waals surface area contributed by atoms with E-state index in [9.17, 15) is 4.79 Å². The zero-order valence-corrected chi connectivity index (χ0v) is 12.7. The molecule has 0 aliphatic carbocycles. The van der Waals surface area contributed by atoms with Crippen LogP contribution in [0.1, 0.15) is 12.5 Å². The second-order valence-corrected chi connectivity index (χ2v) is 4.30. The molecule has 1 aromatic rings. The maximum absolute atomic E-state index is 10.7. The Balaban J connectivity index is 0.000000980. The van der Waals surface area contributed by atoms with Crippen molar-refractivity contribution in [2.75, 3.05) is 0 Å². The first-order valence-corrected chi connectivity index (χ1v) is 6.58. The quantitative estimate of drug-likeness (QED) is 0.507. The predicted molar refractivity (Wildman–Crippen MR) is 92.5 cm³/mol. The average molecular weight is 292 g/mol. The van der Waals surface area contributed by atoms with Crippen molar-refractivity contribution in [2.45, 2.75) is 6.92 Å². The number of primary amides is 1. The highest BCUT2D eigenvalue weighted by molar-refractivity contribution is 5.86. The molecule has 0 heterocycles. The fourth-order valence-corrected chi connectivity index (χ4v) is 1.37. The second-order valence-electron chi connectivity index (χ2n) is 4.30. The van der Waals surface area contributed by atoms with Crippen molar-refractivity contribution < 1.29 is 4.79 Å². The van der Waals surface area contributed by atoms with Gasteiger partial charge in [-0.3, -0.25) is 4.79 Å². The van der Waals surface area contributed by atoms with Crippen LogP contribution in [0.4, 0.5) is 0 Å². The largest absolute Gasteiger partial charge is 0.366 e. The van der Waals surface area contributed by atoms with E-state index in [1.165, 1.54) is 12.2 Å². The molecule has 1 amide bonds. The smallest absolute Gasteiger partial charge is 0.241 e. The topological polar surface area (TPSA) is 66.9 Å². The maximum atomic E-state index is 10.7. The molecule has 1 rings (SSSR count). The first kappa shape index (κ1) is 18.9.